The lowest BCUT2D eigenvalue weighted by Crippen LogP contribution is -2.53. The molecular weight excluding hydrogens is 558 g/mol. The molecule has 0 unspecified atom stereocenters. The molecule has 3 aromatic rings. The molecule has 0 spiro atoms. The second-order valence-corrected chi connectivity index (χ2v) is 11.1. The van der Waals surface area contributed by atoms with Crippen molar-refractivity contribution < 1.29 is 28.5 Å². The van der Waals surface area contributed by atoms with Gasteiger partial charge in [0.05, 0.1) is 33.0 Å². The van der Waals surface area contributed by atoms with Gasteiger partial charge in [0, 0.05) is 44.5 Å². The lowest BCUT2D eigenvalue weighted by atomic mass is 10.0. The van der Waals surface area contributed by atoms with Crippen LogP contribution >= 0.6 is 0 Å². The number of piperidine rings is 1. The highest BCUT2D eigenvalue weighted by molar-refractivity contribution is 5.94. The highest BCUT2D eigenvalue weighted by Gasteiger charge is 2.35. The first-order valence-corrected chi connectivity index (χ1v) is 15.5. The second-order valence-electron chi connectivity index (χ2n) is 11.1. The van der Waals surface area contributed by atoms with Gasteiger partial charge in [-0.15, -0.1) is 0 Å². The molecule has 3 aromatic carbocycles. The fourth-order valence-electron chi connectivity index (χ4n) is 5.51. The highest BCUT2D eigenvalue weighted by Crippen LogP contribution is 2.25. The molecule has 0 radical (unpaired) electrons. The number of carbonyl (C=O) groups excluding carboxylic acids is 2. The van der Waals surface area contributed by atoms with Crippen LogP contribution in [-0.2, 0) is 37.0 Å². The van der Waals surface area contributed by atoms with E-state index < -0.39 is 12.3 Å². The molecule has 5 rings (SSSR count). The summed E-state index contributed by atoms with van der Waals surface area (Å²) in [6.07, 6.45) is 2.11. The van der Waals surface area contributed by atoms with Crippen LogP contribution in [0.1, 0.15) is 36.8 Å². The van der Waals surface area contributed by atoms with Crippen molar-refractivity contribution in [1.82, 2.24) is 4.90 Å². The zero-order chi connectivity index (χ0) is 30.6. The van der Waals surface area contributed by atoms with Crippen LogP contribution in [0.3, 0.4) is 0 Å². The van der Waals surface area contributed by atoms with Gasteiger partial charge < -0.3 is 28.7 Å². The van der Waals surface area contributed by atoms with Crippen molar-refractivity contribution in [2.75, 3.05) is 56.3 Å². The minimum atomic E-state index is -0.625. The molecule has 1 atom stereocenters. The van der Waals surface area contributed by atoms with E-state index in [0.717, 1.165) is 48.4 Å². The Kier molecular flexibility index (Phi) is 11.6. The van der Waals surface area contributed by atoms with Gasteiger partial charge in [0.25, 0.3) is 0 Å². The van der Waals surface area contributed by atoms with E-state index in [9.17, 15) is 9.59 Å². The maximum Gasteiger partial charge on any atom is 0.328 e. The van der Waals surface area contributed by atoms with Crippen molar-refractivity contribution in [1.29, 1.82) is 0 Å². The maximum absolute atomic E-state index is 13.6. The van der Waals surface area contributed by atoms with Gasteiger partial charge in [-0.3, -0.25) is 4.90 Å². The number of esters is 1. The van der Waals surface area contributed by atoms with E-state index in [4.69, 9.17) is 18.9 Å². The van der Waals surface area contributed by atoms with Crippen LogP contribution in [0.25, 0.3) is 0 Å². The Bertz CT molecular complexity index is 1260. The van der Waals surface area contributed by atoms with E-state index in [1.54, 1.807) is 16.8 Å². The fourth-order valence-corrected chi connectivity index (χ4v) is 5.51. The number of nitrogens with zero attached hydrogens (tertiary/aromatic N) is 3. The minimum absolute atomic E-state index is 0.129. The highest BCUT2D eigenvalue weighted by atomic mass is 16.7. The maximum atomic E-state index is 13.6. The first-order chi connectivity index (χ1) is 21.6. The standard InChI is InChI=1S/C35H43N3O6/c1-36(30-15-17-31(18-16-30)37-21-24-41-25-22-37)35(40)38-20-9-8-14-32(38)34(39)42-23-19-33(43-26-28-10-4-2-5-11-28)44-27-29-12-6-3-7-13-29/h2-7,10-13,15-18,32-33H,8-9,14,19-27H2,1H3/t32-/m0/s1. The number of rotatable bonds is 12. The average Bonchev–Trinajstić information content (AvgIpc) is 3.10. The number of anilines is 2. The Morgan fingerprint density at radius 2 is 1.45 bits per heavy atom. The van der Waals surface area contributed by atoms with E-state index in [0.29, 0.717) is 45.8 Å². The third-order valence-corrected chi connectivity index (χ3v) is 8.08. The zero-order valence-corrected chi connectivity index (χ0v) is 25.5. The number of amides is 2. The topological polar surface area (TPSA) is 80.8 Å². The minimum Gasteiger partial charge on any atom is -0.464 e. The Morgan fingerprint density at radius 3 is 2.07 bits per heavy atom. The van der Waals surface area contributed by atoms with Gasteiger partial charge in [-0.1, -0.05) is 60.7 Å². The molecule has 2 heterocycles. The molecule has 0 aromatic heterocycles. The molecule has 2 aliphatic heterocycles. The molecule has 0 N–H and O–H groups in total. The van der Waals surface area contributed by atoms with E-state index >= 15 is 0 Å². The van der Waals surface area contributed by atoms with Gasteiger partial charge in [-0.2, -0.15) is 0 Å². The van der Waals surface area contributed by atoms with Gasteiger partial charge in [0.15, 0.2) is 6.29 Å². The monoisotopic (exact) mass is 601 g/mol. The molecule has 234 valence electrons. The predicted octanol–water partition coefficient (Wildman–Crippen LogP) is 5.63. The molecule has 2 saturated heterocycles. The summed E-state index contributed by atoms with van der Waals surface area (Å²) in [5, 5.41) is 0. The predicted molar refractivity (Wildman–Crippen MR) is 169 cm³/mol. The molecule has 2 aliphatic rings. The van der Waals surface area contributed by atoms with Crippen LogP contribution in [-0.4, -0.2) is 75.7 Å². The van der Waals surface area contributed by atoms with Gasteiger partial charge in [0.2, 0.25) is 0 Å². The summed E-state index contributed by atoms with van der Waals surface area (Å²) >= 11 is 0. The molecule has 0 bridgehead atoms. The van der Waals surface area contributed by atoms with E-state index in [-0.39, 0.29) is 18.6 Å². The Labute approximate surface area is 260 Å². The van der Waals surface area contributed by atoms with Crippen LogP contribution in [0.15, 0.2) is 84.9 Å². The van der Waals surface area contributed by atoms with Crippen LogP contribution in [0.5, 0.6) is 0 Å². The van der Waals surface area contributed by atoms with Crippen LogP contribution in [0.4, 0.5) is 16.2 Å². The van der Waals surface area contributed by atoms with Crippen molar-refractivity contribution in [3.05, 3.63) is 96.1 Å². The number of hydrogen-bond acceptors (Lipinski definition) is 7. The summed E-state index contributed by atoms with van der Waals surface area (Å²) in [7, 11) is 1.75. The number of urea groups is 1. The molecule has 9 nitrogen and oxygen atoms in total. The summed E-state index contributed by atoms with van der Waals surface area (Å²) in [5.74, 6) is -0.390. The molecule has 0 aliphatic carbocycles. The summed E-state index contributed by atoms with van der Waals surface area (Å²) in [5.41, 5.74) is 3.96. The zero-order valence-electron chi connectivity index (χ0n) is 25.5. The SMILES string of the molecule is CN(C(=O)N1CCCC[C@H]1C(=O)OCCC(OCc1ccccc1)OCc1ccccc1)c1ccc(N2CCOCC2)cc1. The Hall–Kier alpha value is -3.92. The average molecular weight is 602 g/mol. The molecule has 9 heteroatoms. The molecule has 0 saturated carbocycles. The van der Waals surface area contributed by atoms with Gasteiger partial charge in [-0.25, -0.2) is 9.59 Å². The summed E-state index contributed by atoms with van der Waals surface area (Å²) in [6, 6.07) is 26.9. The van der Waals surface area contributed by atoms with Crippen molar-refractivity contribution >= 4 is 23.4 Å². The lowest BCUT2D eigenvalue weighted by Gasteiger charge is -2.36. The summed E-state index contributed by atoms with van der Waals surface area (Å²) in [4.78, 5) is 32.4. The van der Waals surface area contributed by atoms with E-state index in [1.807, 2.05) is 84.9 Å². The number of carbonyl (C=O) groups is 2. The summed E-state index contributed by atoms with van der Waals surface area (Å²) < 4.78 is 23.3. The van der Waals surface area contributed by atoms with Crippen molar-refractivity contribution in [2.24, 2.45) is 0 Å². The number of ether oxygens (including phenoxy) is 4. The second kappa shape index (κ2) is 16.2. The van der Waals surface area contributed by atoms with Gasteiger partial charge in [0.1, 0.15) is 6.04 Å². The van der Waals surface area contributed by atoms with Gasteiger partial charge >= 0.3 is 12.0 Å². The van der Waals surface area contributed by atoms with E-state index in [2.05, 4.69) is 4.90 Å². The first-order valence-electron chi connectivity index (χ1n) is 15.5. The largest absolute Gasteiger partial charge is 0.464 e. The smallest absolute Gasteiger partial charge is 0.328 e. The Morgan fingerprint density at radius 1 is 0.841 bits per heavy atom. The molecule has 2 fully saturated rings. The van der Waals surface area contributed by atoms with Crippen molar-refractivity contribution in [3.63, 3.8) is 0 Å². The first kappa shape index (κ1) is 31.5. The third kappa shape index (κ3) is 8.81. The van der Waals surface area contributed by atoms with Crippen LogP contribution < -0.4 is 9.80 Å². The molecule has 2 amide bonds. The number of benzene rings is 3. The van der Waals surface area contributed by atoms with Crippen molar-refractivity contribution in [3.8, 4) is 0 Å². The molecule has 44 heavy (non-hydrogen) atoms. The van der Waals surface area contributed by atoms with Crippen LogP contribution in [0, 0.1) is 0 Å². The van der Waals surface area contributed by atoms with E-state index in [1.165, 1.54) is 0 Å². The molecular formula is C35H43N3O6. The number of hydrogen-bond donors (Lipinski definition) is 0. The normalized spacial score (nSPS) is 17.0. The van der Waals surface area contributed by atoms with Crippen molar-refractivity contribution in [2.45, 2.75) is 51.2 Å². The third-order valence-electron chi connectivity index (χ3n) is 8.08. The quantitative estimate of drug-likeness (QED) is 0.197. The van der Waals surface area contributed by atoms with Gasteiger partial charge in [-0.05, 0) is 54.7 Å². The lowest BCUT2D eigenvalue weighted by molar-refractivity contribution is -0.172. The van der Waals surface area contributed by atoms with Crippen LogP contribution in [0.2, 0.25) is 0 Å². The fraction of sp³-hybridized carbons (Fsp3) is 0.429. The Balaban J connectivity index is 1.15. The number of morpholine rings is 1. The summed E-state index contributed by atoms with van der Waals surface area (Å²) in [6.45, 7) is 4.55. The number of likely N-dealkylation sites (tertiary alicyclic amines) is 1.